The number of carboxylic acids is 1. The van der Waals surface area contributed by atoms with Gasteiger partial charge in [0.05, 0.1) is 17.0 Å². The Kier molecular flexibility index (Phi) is 7.51. The molecule has 6 nitrogen and oxygen atoms in total. The van der Waals surface area contributed by atoms with Crippen molar-refractivity contribution in [2.45, 2.75) is 71.3 Å². The van der Waals surface area contributed by atoms with Crippen LogP contribution in [-0.2, 0) is 4.79 Å². The molecule has 1 fully saturated rings. The molecule has 0 radical (unpaired) electrons. The van der Waals surface area contributed by atoms with E-state index >= 15 is 0 Å². The van der Waals surface area contributed by atoms with Crippen LogP contribution in [0.1, 0.15) is 79.0 Å². The minimum absolute atomic E-state index is 0.00299. The topological polar surface area (TPSA) is 98.2 Å². The maximum atomic E-state index is 12.1. The van der Waals surface area contributed by atoms with E-state index in [1.165, 1.54) is 37.7 Å². The fourth-order valence-corrected chi connectivity index (χ4v) is 6.01. The molecule has 1 aliphatic rings. The third-order valence-electron chi connectivity index (χ3n) is 7.01. The van der Waals surface area contributed by atoms with Crippen molar-refractivity contribution in [2.75, 3.05) is 0 Å². The average molecular weight is 480 g/mol. The van der Waals surface area contributed by atoms with Crippen LogP contribution < -0.4 is 5.73 Å². The van der Waals surface area contributed by atoms with E-state index in [4.69, 9.17) is 10.7 Å². The molecule has 3 N–H and O–H groups in total. The second-order valence-electron chi connectivity index (χ2n) is 9.51. The van der Waals surface area contributed by atoms with E-state index in [0.29, 0.717) is 18.0 Å². The monoisotopic (exact) mass is 479 g/mol. The fourth-order valence-electron chi connectivity index (χ4n) is 5.19. The molecule has 1 atom stereocenters. The van der Waals surface area contributed by atoms with Gasteiger partial charge in [-0.3, -0.25) is 4.79 Å². The molecule has 2 heterocycles. The summed E-state index contributed by atoms with van der Waals surface area (Å²) in [7, 11) is 0. The van der Waals surface area contributed by atoms with E-state index < -0.39 is 5.97 Å². The van der Waals surface area contributed by atoms with Crippen molar-refractivity contribution in [3.05, 3.63) is 52.5 Å². The van der Waals surface area contributed by atoms with E-state index in [0.717, 1.165) is 28.4 Å². The van der Waals surface area contributed by atoms with Gasteiger partial charge in [0.1, 0.15) is 5.01 Å². The predicted octanol–water partition coefficient (Wildman–Crippen LogP) is 6.37. The van der Waals surface area contributed by atoms with E-state index in [2.05, 4.69) is 35.8 Å². The zero-order valence-corrected chi connectivity index (χ0v) is 20.7. The number of aromatic carboxylic acids is 1. The van der Waals surface area contributed by atoms with Gasteiger partial charge in [-0.15, -0.1) is 11.3 Å². The smallest absolute Gasteiger partial charge is 0.337 e. The number of benzene rings is 1. The van der Waals surface area contributed by atoms with Gasteiger partial charge in [0.2, 0.25) is 5.91 Å². The maximum absolute atomic E-state index is 12.1. The Bertz CT molecular complexity index is 1160. The van der Waals surface area contributed by atoms with Gasteiger partial charge in [-0.1, -0.05) is 61.9 Å². The molecule has 0 aliphatic heterocycles. The van der Waals surface area contributed by atoms with Gasteiger partial charge in [-0.25, -0.2) is 9.78 Å². The quantitative estimate of drug-likeness (QED) is 0.372. The van der Waals surface area contributed by atoms with Crippen LogP contribution >= 0.6 is 11.3 Å². The number of amides is 1. The van der Waals surface area contributed by atoms with E-state index in [-0.39, 0.29) is 23.9 Å². The third kappa shape index (κ3) is 5.41. The first-order valence-corrected chi connectivity index (χ1v) is 13.0. The number of aromatic nitrogens is 2. The Hall–Kier alpha value is -2.93. The number of carbonyl (C=O) groups is 2. The Morgan fingerprint density at radius 3 is 2.53 bits per heavy atom. The van der Waals surface area contributed by atoms with Gasteiger partial charge >= 0.3 is 5.97 Å². The molecule has 34 heavy (non-hydrogen) atoms. The lowest BCUT2D eigenvalue weighted by atomic mass is 9.83. The number of nitrogens with zero attached hydrogens (tertiary/aromatic N) is 2. The van der Waals surface area contributed by atoms with Crippen LogP contribution in [0.2, 0.25) is 0 Å². The van der Waals surface area contributed by atoms with Crippen LogP contribution in [0, 0.1) is 19.8 Å². The van der Waals surface area contributed by atoms with Crippen molar-refractivity contribution in [1.29, 1.82) is 0 Å². The summed E-state index contributed by atoms with van der Waals surface area (Å²) in [5.41, 5.74) is 10.3. The summed E-state index contributed by atoms with van der Waals surface area (Å²) < 4.78 is 2.12. The van der Waals surface area contributed by atoms with Crippen LogP contribution in [0.5, 0.6) is 0 Å². The molecule has 1 aromatic carbocycles. The highest BCUT2D eigenvalue weighted by Gasteiger charge is 2.27. The number of primary amides is 1. The van der Waals surface area contributed by atoms with E-state index in [9.17, 15) is 14.7 Å². The summed E-state index contributed by atoms with van der Waals surface area (Å²) in [6.45, 7) is 3.91. The van der Waals surface area contributed by atoms with Crippen molar-refractivity contribution in [3.63, 3.8) is 0 Å². The summed E-state index contributed by atoms with van der Waals surface area (Å²) in [5.74, 6) is -0.695. The van der Waals surface area contributed by atoms with Crippen LogP contribution in [0.3, 0.4) is 0 Å². The van der Waals surface area contributed by atoms with Crippen LogP contribution in [-0.4, -0.2) is 26.5 Å². The third-order valence-corrected chi connectivity index (χ3v) is 7.90. The average Bonchev–Trinajstić information content (AvgIpc) is 3.43. The lowest BCUT2D eigenvalue weighted by molar-refractivity contribution is -0.118. The zero-order chi connectivity index (χ0) is 24.2. The van der Waals surface area contributed by atoms with Crippen LogP contribution in [0.15, 0.2) is 35.7 Å². The maximum Gasteiger partial charge on any atom is 0.337 e. The van der Waals surface area contributed by atoms with Crippen molar-refractivity contribution in [1.82, 2.24) is 9.55 Å². The summed E-state index contributed by atoms with van der Waals surface area (Å²) in [5, 5.41) is 12.8. The highest BCUT2D eigenvalue weighted by molar-refractivity contribution is 7.13. The molecule has 2 aromatic heterocycles. The number of aryl methyl sites for hydroxylation is 1. The number of thiazole rings is 1. The number of nitrogens with two attached hydrogens (primary N) is 1. The lowest BCUT2D eigenvalue weighted by Crippen LogP contribution is -2.21. The standard InChI is InChI=1S/C27H33N3O3S/c1-17-8-10-20(11-9-17)26-29-23(16-34-26)24-15-22(27(32)33)18(2)30(24)21(12-13-25(28)31)14-19-6-4-3-5-7-19/h8-11,15-16,19,21H,3-7,12-14H2,1-2H3,(H2,28,31)(H,32,33). The first-order valence-electron chi connectivity index (χ1n) is 12.1. The molecular formula is C27H33N3O3S. The Morgan fingerprint density at radius 1 is 1.18 bits per heavy atom. The lowest BCUT2D eigenvalue weighted by Gasteiger charge is -2.29. The Labute approximate surface area is 204 Å². The van der Waals surface area contributed by atoms with Gasteiger partial charge in [0.15, 0.2) is 0 Å². The molecule has 7 heteroatoms. The molecule has 1 unspecified atom stereocenters. The second-order valence-corrected chi connectivity index (χ2v) is 10.4. The first-order chi connectivity index (χ1) is 16.3. The van der Waals surface area contributed by atoms with Crippen molar-refractivity contribution < 1.29 is 14.7 Å². The molecular weight excluding hydrogens is 446 g/mol. The number of carbonyl (C=O) groups excluding carboxylic acids is 1. The fraction of sp³-hybridized carbons (Fsp3) is 0.444. The number of hydrogen-bond acceptors (Lipinski definition) is 4. The van der Waals surface area contributed by atoms with Gasteiger partial charge in [-0.05, 0) is 38.7 Å². The highest BCUT2D eigenvalue weighted by atomic mass is 32.1. The summed E-state index contributed by atoms with van der Waals surface area (Å²) in [6, 6.07) is 9.99. The van der Waals surface area contributed by atoms with Crippen LogP contribution in [0.25, 0.3) is 22.0 Å². The molecule has 3 aromatic rings. The Morgan fingerprint density at radius 2 is 1.88 bits per heavy atom. The Balaban J connectivity index is 1.75. The van der Waals surface area contributed by atoms with Gasteiger partial charge < -0.3 is 15.4 Å². The van der Waals surface area contributed by atoms with E-state index in [1.54, 1.807) is 17.4 Å². The molecule has 1 amide bonds. The number of rotatable bonds is 9. The summed E-state index contributed by atoms with van der Waals surface area (Å²) in [6.07, 6.45) is 7.91. The normalized spacial score (nSPS) is 15.4. The summed E-state index contributed by atoms with van der Waals surface area (Å²) >= 11 is 1.56. The molecule has 1 aliphatic carbocycles. The molecule has 0 bridgehead atoms. The van der Waals surface area contributed by atoms with Crippen molar-refractivity contribution in [3.8, 4) is 22.0 Å². The second kappa shape index (κ2) is 10.6. The minimum atomic E-state index is -0.946. The molecule has 0 spiro atoms. The molecule has 180 valence electrons. The zero-order valence-electron chi connectivity index (χ0n) is 19.9. The highest BCUT2D eigenvalue weighted by Crippen LogP contribution is 2.39. The summed E-state index contributed by atoms with van der Waals surface area (Å²) in [4.78, 5) is 28.6. The SMILES string of the molecule is Cc1ccc(-c2nc(-c3cc(C(=O)O)c(C)n3C(CCC(N)=O)CC3CCCCC3)cs2)cc1. The first kappa shape index (κ1) is 24.2. The van der Waals surface area contributed by atoms with Crippen molar-refractivity contribution >= 4 is 23.2 Å². The molecule has 0 saturated heterocycles. The number of carboxylic acid groups (broad SMARTS) is 1. The molecule has 4 rings (SSSR count). The van der Waals surface area contributed by atoms with Crippen LogP contribution in [0.4, 0.5) is 0 Å². The van der Waals surface area contributed by atoms with Gasteiger partial charge in [-0.2, -0.15) is 0 Å². The van der Waals surface area contributed by atoms with Gasteiger partial charge in [0, 0.05) is 29.1 Å². The number of hydrogen-bond donors (Lipinski definition) is 2. The largest absolute Gasteiger partial charge is 0.478 e. The molecule has 1 saturated carbocycles. The van der Waals surface area contributed by atoms with Crippen molar-refractivity contribution in [2.24, 2.45) is 11.7 Å². The van der Waals surface area contributed by atoms with Gasteiger partial charge in [0.25, 0.3) is 0 Å². The minimum Gasteiger partial charge on any atom is -0.478 e. The predicted molar refractivity (Wildman–Crippen MR) is 136 cm³/mol. The van der Waals surface area contributed by atoms with E-state index in [1.807, 2.05) is 12.3 Å².